The number of ether oxygens (including phenoxy) is 1. The lowest BCUT2D eigenvalue weighted by molar-refractivity contribution is -0.274. The lowest BCUT2D eigenvalue weighted by atomic mass is 10.2. The number of amides is 3. The molecule has 2 aromatic rings. The molecule has 2 N–H and O–H groups in total. The number of hydrogen-bond donors (Lipinski definition) is 2. The highest BCUT2D eigenvalue weighted by molar-refractivity contribution is 7.11. The van der Waals surface area contributed by atoms with Gasteiger partial charge in [-0.15, -0.1) is 24.5 Å². The molecule has 1 aromatic carbocycles. The van der Waals surface area contributed by atoms with E-state index in [0.717, 1.165) is 22.0 Å². The average Bonchev–Trinajstić information content (AvgIpc) is 3.20. The third-order valence-electron chi connectivity index (χ3n) is 4.23. The first-order valence-corrected chi connectivity index (χ1v) is 9.60. The van der Waals surface area contributed by atoms with Gasteiger partial charge >= 0.3 is 12.4 Å². The fourth-order valence-electron chi connectivity index (χ4n) is 2.95. The maximum atomic E-state index is 12.6. The lowest BCUT2D eigenvalue weighted by Crippen LogP contribution is -2.46. The second-order valence-electron chi connectivity index (χ2n) is 6.52. The molecule has 0 bridgehead atoms. The van der Waals surface area contributed by atoms with E-state index in [0.29, 0.717) is 6.42 Å². The zero-order valence-electron chi connectivity index (χ0n) is 15.6. The van der Waals surface area contributed by atoms with E-state index in [9.17, 15) is 22.8 Å². The van der Waals surface area contributed by atoms with Crippen molar-refractivity contribution in [1.29, 1.82) is 0 Å². The van der Waals surface area contributed by atoms with Gasteiger partial charge in [0.1, 0.15) is 16.8 Å². The monoisotopic (exact) mass is 428 g/mol. The van der Waals surface area contributed by atoms with E-state index in [2.05, 4.69) is 20.4 Å². The van der Waals surface area contributed by atoms with Crippen molar-refractivity contribution in [3.63, 3.8) is 0 Å². The van der Waals surface area contributed by atoms with Crippen LogP contribution in [-0.4, -0.2) is 35.9 Å². The number of anilines is 1. The number of aromatic nitrogens is 1. The van der Waals surface area contributed by atoms with Gasteiger partial charge in [-0.3, -0.25) is 4.79 Å². The number of thiazole rings is 1. The van der Waals surface area contributed by atoms with Crippen LogP contribution < -0.4 is 20.3 Å². The van der Waals surface area contributed by atoms with Crippen LogP contribution in [0.4, 0.5) is 23.7 Å². The van der Waals surface area contributed by atoms with Gasteiger partial charge in [0.15, 0.2) is 0 Å². The molecule has 2 atom stereocenters. The lowest BCUT2D eigenvalue weighted by Gasteiger charge is -2.19. The number of alkyl halides is 3. The SMILES string of the molecule is Cc1cnc(C(C)NC(=O)NC2CCN(c3cccc(OC(F)(F)F)c3)C2=O)s1. The van der Waals surface area contributed by atoms with Crippen molar-refractivity contribution in [2.24, 2.45) is 0 Å². The van der Waals surface area contributed by atoms with Crippen LogP contribution in [0.15, 0.2) is 30.5 Å². The normalized spacial score (nSPS) is 17.9. The number of aryl methyl sites for hydroxylation is 1. The number of hydrogen-bond acceptors (Lipinski definition) is 5. The van der Waals surface area contributed by atoms with E-state index in [1.54, 1.807) is 13.1 Å². The summed E-state index contributed by atoms with van der Waals surface area (Å²) in [5.41, 5.74) is 0.271. The Morgan fingerprint density at radius 2 is 2.17 bits per heavy atom. The van der Waals surface area contributed by atoms with Crippen molar-refractivity contribution in [2.75, 3.05) is 11.4 Å². The Morgan fingerprint density at radius 1 is 1.41 bits per heavy atom. The summed E-state index contributed by atoms with van der Waals surface area (Å²) >= 11 is 1.46. The maximum Gasteiger partial charge on any atom is 0.573 e. The van der Waals surface area contributed by atoms with Crippen LogP contribution >= 0.6 is 11.3 Å². The molecule has 2 heterocycles. The predicted molar refractivity (Wildman–Crippen MR) is 101 cm³/mol. The van der Waals surface area contributed by atoms with Crippen LogP contribution in [0.1, 0.15) is 29.3 Å². The molecule has 1 aliphatic rings. The summed E-state index contributed by atoms with van der Waals surface area (Å²) in [6.45, 7) is 3.96. The van der Waals surface area contributed by atoms with Crippen LogP contribution in [0.2, 0.25) is 0 Å². The summed E-state index contributed by atoms with van der Waals surface area (Å²) in [5.74, 6) is -0.813. The van der Waals surface area contributed by atoms with Crippen molar-refractivity contribution in [1.82, 2.24) is 15.6 Å². The summed E-state index contributed by atoms with van der Waals surface area (Å²) in [4.78, 5) is 31.4. The molecule has 156 valence electrons. The number of carbonyl (C=O) groups excluding carboxylic acids is 2. The van der Waals surface area contributed by atoms with Crippen LogP contribution in [0.3, 0.4) is 0 Å². The quantitative estimate of drug-likeness (QED) is 0.764. The summed E-state index contributed by atoms with van der Waals surface area (Å²) in [7, 11) is 0. The second kappa shape index (κ2) is 8.27. The molecular formula is C18H19F3N4O3S. The van der Waals surface area contributed by atoms with Gasteiger partial charge in [-0.1, -0.05) is 6.07 Å². The Balaban J connectivity index is 1.59. The Hall–Kier alpha value is -2.82. The van der Waals surface area contributed by atoms with Gasteiger partial charge in [0.2, 0.25) is 5.91 Å². The van der Waals surface area contributed by atoms with Crippen molar-refractivity contribution in [3.05, 3.63) is 40.3 Å². The van der Waals surface area contributed by atoms with Gasteiger partial charge in [-0.05, 0) is 32.4 Å². The molecule has 7 nitrogen and oxygen atoms in total. The maximum absolute atomic E-state index is 12.6. The smallest absolute Gasteiger partial charge is 0.406 e. The molecule has 1 saturated heterocycles. The Morgan fingerprint density at radius 3 is 2.83 bits per heavy atom. The average molecular weight is 428 g/mol. The highest BCUT2D eigenvalue weighted by Crippen LogP contribution is 2.29. The van der Waals surface area contributed by atoms with Gasteiger partial charge in [0.05, 0.1) is 6.04 Å². The molecule has 0 radical (unpaired) electrons. The molecule has 29 heavy (non-hydrogen) atoms. The first-order chi connectivity index (χ1) is 13.6. The fourth-order valence-corrected chi connectivity index (χ4v) is 3.73. The van der Waals surface area contributed by atoms with E-state index >= 15 is 0 Å². The predicted octanol–water partition coefficient (Wildman–Crippen LogP) is 3.52. The molecule has 1 aromatic heterocycles. The zero-order valence-corrected chi connectivity index (χ0v) is 16.4. The number of carbonyl (C=O) groups is 2. The second-order valence-corrected chi connectivity index (χ2v) is 7.79. The highest BCUT2D eigenvalue weighted by atomic mass is 32.1. The van der Waals surface area contributed by atoms with E-state index in [1.807, 2.05) is 6.92 Å². The highest BCUT2D eigenvalue weighted by Gasteiger charge is 2.35. The summed E-state index contributed by atoms with van der Waals surface area (Å²) in [5, 5.41) is 6.09. The van der Waals surface area contributed by atoms with Crippen LogP contribution in [0.5, 0.6) is 5.75 Å². The summed E-state index contributed by atoms with van der Waals surface area (Å²) in [6.07, 6.45) is -2.77. The van der Waals surface area contributed by atoms with E-state index < -0.39 is 30.1 Å². The number of nitrogens with one attached hydrogen (secondary N) is 2. The van der Waals surface area contributed by atoms with Crippen molar-refractivity contribution < 1.29 is 27.5 Å². The number of nitrogens with zero attached hydrogens (tertiary/aromatic N) is 2. The molecule has 3 amide bonds. The van der Waals surface area contributed by atoms with Gasteiger partial charge in [0, 0.05) is 29.4 Å². The fraction of sp³-hybridized carbons (Fsp3) is 0.389. The molecule has 0 aliphatic carbocycles. The minimum Gasteiger partial charge on any atom is -0.406 e. The molecule has 3 rings (SSSR count). The summed E-state index contributed by atoms with van der Waals surface area (Å²) < 4.78 is 41.1. The number of rotatable bonds is 5. The van der Waals surface area contributed by atoms with Gasteiger partial charge in [0.25, 0.3) is 0 Å². The van der Waals surface area contributed by atoms with Crippen LogP contribution in [0.25, 0.3) is 0 Å². The minimum atomic E-state index is -4.82. The third-order valence-corrected chi connectivity index (χ3v) is 5.33. The van der Waals surface area contributed by atoms with E-state index in [-0.39, 0.29) is 18.3 Å². The largest absolute Gasteiger partial charge is 0.573 e. The molecule has 1 aliphatic heterocycles. The van der Waals surface area contributed by atoms with Gasteiger partial charge in [-0.25, -0.2) is 9.78 Å². The zero-order chi connectivity index (χ0) is 21.2. The van der Waals surface area contributed by atoms with E-state index in [1.165, 1.54) is 28.4 Å². The Labute approximate surface area is 168 Å². The Kier molecular flexibility index (Phi) is 5.96. The first kappa shape index (κ1) is 20.9. The van der Waals surface area contributed by atoms with Crippen LogP contribution in [0, 0.1) is 6.92 Å². The molecular weight excluding hydrogens is 409 g/mol. The number of halogens is 3. The van der Waals surface area contributed by atoms with Gasteiger partial charge in [-0.2, -0.15) is 0 Å². The van der Waals surface area contributed by atoms with Crippen molar-refractivity contribution in [3.8, 4) is 5.75 Å². The minimum absolute atomic E-state index is 0.264. The molecule has 0 saturated carbocycles. The summed E-state index contributed by atoms with van der Waals surface area (Å²) in [6, 6.07) is 3.57. The van der Waals surface area contributed by atoms with Crippen molar-refractivity contribution in [2.45, 2.75) is 38.7 Å². The molecule has 1 fully saturated rings. The van der Waals surface area contributed by atoms with E-state index in [4.69, 9.17) is 0 Å². The van der Waals surface area contributed by atoms with Gasteiger partial charge < -0.3 is 20.3 Å². The first-order valence-electron chi connectivity index (χ1n) is 8.79. The number of urea groups is 1. The number of benzene rings is 1. The molecule has 2 unspecified atom stereocenters. The Bertz CT molecular complexity index is 902. The standard InChI is InChI=1S/C18H19F3N4O3S/c1-10-9-22-15(29-10)11(2)23-17(27)24-14-6-7-25(16(14)26)12-4-3-5-13(8-12)28-18(19,20)21/h3-5,8-9,11,14H,6-7H2,1-2H3,(H2,23,24,27). The molecule has 11 heteroatoms. The molecule has 0 spiro atoms. The topological polar surface area (TPSA) is 83.6 Å². The van der Waals surface area contributed by atoms with Crippen molar-refractivity contribution >= 4 is 29.0 Å². The third kappa shape index (κ3) is 5.37. The van der Waals surface area contributed by atoms with Crippen LogP contribution in [-0.2, 0) is 4.79 Å².